The number of anilines is 1. The normalized spacial score (nSPS) is 11.0. The minimum atomic E-state index is 0.598. The zero-order valence-electron chi connectivity index (χ0n) is 16.6. The number of pyridine rings is 1. The fourth-order valence-electron chi connectivity index (χ4n) is 2.89. The van der Waals surface area contributed by atoms with E-state index in [-0.39, 0.29) is 0 Å². The van der Waals surface area contributed by atoms with Gasteiger partial charge in [-0.15, -0.1) is 0 Å². The van der Waals surface area contributed by atoms with Crippen molar-refractivity contribution in [2.24, 2.45) is 5.73 Å². The van der Waals surface area contributed by atoms with Gasteiger partial charge in [-0.05, 0) is 44.6 Å². The number of aryl methyl sites for hydroxylation is 1. The number of nitrogens with two attached hydrogens (primary N) is 1. The molecule has 0 aliphatic carbocycles. The molecule has 0 bridgehead atoms. The van der Waals surface area contributed by atoms with E-state index in [1.165, 1.54) is 0 Å². The molecule has 4 N–H and O–H groups in total. The SMILES string of the molecule is CNCCOc1cccc(CNc2cc(OCCCN)cn3cc(C)nc23)c1. The van der Waals surface area contributed by atoms with Gasteiger partial charge in [0.25, 0.3) is 0 Å². The summed E-state index contributed by atoms with van der Waals surface area (Å²) in [5.41, 5.74) is 9.47. The highest BCUT2D eigenvalue weighted by molar-refractivity contribution is 5.70. The fraction of sp³-hybridized carbons (Fsp3) is 0.381. The topological polar surface area (TPSA) is 85.8 Å². The number of nitrogens with one attached hydrogen (secondary N) is 2. The summed E-state index contributed by atoms with van der Waals surface area (Å²) in [4.78, 5) is 4.62. The van der Waals surface area contributed by atoms with Crippen LogP contribution in [0.4, 0.5) is 5.69 Å². The van der Waals surface area contributed by atoms with E-state index < -0.39 is 0 Å². The van der Waals surface area contributed by atoms with Gasteiger partial charge in [0, 0.05) is 25.4 Å². The molecule has 3 rings (SSSR count). The lowest BCUT2D eigenvalue weighted by Gasteiger charge is -2.12. The van der Waals surface area contributed by atoms with Gasteiger partial charge in [0.1, 0.15) is 18.1 Å². The van der Waals surface area contributed by atoms with Crippen LogP contribution in [0.15, 0.2) is 42.7 Å². The number of rotatable bonds is 11. The largest absolute Gasteiger partial charge is 0.492 e. The average molecular weight is 383 g/mol. The molecule has 0 amide bonds. The molecule has 2 heterocycles. The van der Waals surface area contributed by atoms with E-state index in [1.807, 2.05) is 49.0 Å². The van der Waals surface area contributed by atoms with Crippen molar-refractivity contribution < 1.29 is 9.47 Å². The van der Waals surface area contributed by atoms with Gasteiger partial charge >= 0.3 is 0 Å². The number of imidazole rings is 1. The number of likely N-dealkylation sites (N-methyl/N-ethyl adjacent to an activating group) is 1. The Labute approximate surface area is 165 Å². The first-order chi connectivity index (χ1) is 13.7. The van der Waals surface area contributed by atoms with Crippen molar-refractivity contribution in [3.8, 4) is 11.5 Å². The summed E-state index contributed by atoms with van der Waals surface area (Å²) in [6, 6.07) is 10.1. The zero-order chi connectivity index (χ0) is 19.8. The monoisotopic (exact) mass is 383 g/mol. The molecule has 0 spiro atoms. The first-order valence-electron chi connectivity index (χ1n) is 9.62. The van der Waals surface area contributed by atoms with E-state index in [0.29, 0.717) is 26.3 Å². The Morgan fingerprint density at radius 2 is 1.96 bits per heavy atom. The molecule has 0 radical (unpaired) electrons. The highest BCUT2D eigenvalue weighted by atomic mass is 16.5. The Morgan fingerprint density at radius 1 is 1.11 bits per heavy atom. The molecule has 0 atom stereocenters. The van der Waals surface area contributed by atoms with Crippen molar-refractivity contribution in [2.75, 3.05) is 38.7 Å². The summed E-state index contributed by atoms with van der Waals surface area (Å²) < 4.78 is 13.6. The Balaban J connectivity index is 1.73. The Morgan fingerprint density at radius 3 is 2.79 bits per heavy atom. The molecule has 3 aromatic rings. The van der Waals surface area contributed by atoms with Gasteiger partial charge in [0.05, 0.1) is 24.2 Å². The van der Waals surface area contributed by atoms with Gasteiger partial charge in [-0.25, -0.2) is 4.98 Å². The van der Waals surface area contributed by atoms with Crippen LogP contribution in [0.5, 0.6) is 11.5 Å². The number of ether oxygens (including phenoxy) is 2. The van der Waals surface area contributed by atoms with Crippen molar-refractivity contribution in [2.45, 2.75) is 19.9 Å². The van der Waals surface area contributed by atoms with Crippen LogP contribution in [-0.2, 0) is 6.54 Å². The molecule has 1 aromatic carbocycles. The van der Waals surface area contributed by atoms with Crippen molar-refractivity contribution in [3.63, 3.8) is 0 Å². The maximum Gasteiger partial charge on any atom is 0.160 e. The quantitative estimate of drug-likeness (QED) is 0.441. The molecule has 0 fully saturated rings. The lowest BCUT2D eigenvalue weighted by Crippen LogP contribution is -2.16. The molecular formula is C21H29N5O2. The van der Waals surface area contributed by atoms with Gasteiger partial charge in [0.2, 0.25) is 0 Å². The highest BCUT2D eigenvalue weighted by Gasteiger charge is 2.09. The Kier molecular flexibility index (Phi) is 7.11. The van der Waals surface area contributed by atoms with Crippen LogP contribution in [0.2, 0.25) is 0 Å². The van der Waals surface area contributed by atoms with Gasteiger partial charge in [0.15, 0.2) is 5.65 Å². The van der Waals surface area contributed by atoms with Gasteiger partial charge in [-0.2, -0.15) is 0 Å². The Hall–Kier alpha value is -2.77. The number of hydrogen-bond donors (Lipinski definition) is 3. The van der Waals surface area contributed by atoms with Gasteiger partial charge < -0.3 is 30.2 Å². The first kappa shape index (κ1) is 20.0. The number of aromatic nitrogens is 2. The van der Waals surface area contributed by atoms with Crippen molar-refractivity contribution in [1.29, 1.82) is 0 Å². The van der Waals surface area contributed by atoms with Gasteiger partial charge in [-0.1, -0.05) is 12.1 Å². The zero-order valence-corrected chi connectivity index (χ0v) is 16.6. The first-order valence-corrected chi connectivity index (χ1v) is 9.62. The van der Waals surface area contributed by atoms with Crippen LogP contribution in [0.1, 0.15) is 17.7 Å². The summed E-state index contributed by atoms with van der Waals surface area (Å²) in [5, 5.41) is 6.56. The summed E-state index contributed by atoms with van der Waals surface area (Å²) in [6.45, 7) is 5.32. The molecule has 7 nitrogen and oxygen atoms in total. The van der Waals surface area contributed by atoms with Crippen molar-refractivity contribution >= 4 is 11.3 Å². The van der Waals surface area contributed by atoms with Crippen LogP contribution in [0, 0.1) is 6.92 Å². The molecule has 150 valence electrons. The molecule has 0 saturated heterocycles. The second-order valence-corrected chi connectivity index (χ2v) is 6.65. The van der Waals surface area contributed by atoms with Crippen LogP contribution in [-0.4, -0.2) is 42.7 Å². The predicted molar refractivity (Wildman–Crippen MR) is 112 cm³/mol. The molecule has 0 unspecified atom stereocenters. The number of benzene rings is 1. The lowest BCUT2D eigenvalue weighted by atomic mass is 10.2. The number of nitrogens with zero attached hydrogens (tertiary/aromatic N) is 2. The van der Waals surface area contributed by atoms with Crippen molar-refractivity contribution in [3.05, 3.63) is 54.0 Å². The minimum absolute atomic E-state index is 0.598. The molecule has 2 aromatic heterocycles. The smallest absolute Gasteiger partial charge is 0.160 e. The summed E-state index contributed by atoms with van der Waals surface area (Å²) in [5.74, 6) is 1.67. The standard InChI is InChI=1S/C21H29N5O2/c1-16-14-26-15-19(27-9-4-7-22)12-20(21(26)25-16)24-13-17-5-3-6-18(11-17)28-10-8-23-2/h3,5-6,11-12,14-15,23-24H,4,7-10,13,22H2,1-2H3. The molecule has 0 aliphatic rings. The maximum atomic E-state index is 5.84. The average Bonchev–Trinajstić information content (AvgIpc) is 3.07. The summed E-state index contributed by atoms with van der Waals surface area (Å²) in [6.07, 6.45) is 4.77. The van der Waals surface area contributed by atoms with E-state index in [4.69, 9.17) is 15.2 Å². The van der Waals surface area contributed by atoms with E-state index in [0.717, 1.165) is 47.1 Å². The third-order valence-electron chi connectivity index (χ3n) is 4.27. The predicted octanol–water partition coefficient (Wildman–Crippen LogP) is 2.58. The van der Waals surface area contributed by atoms with Crippen LogP contribution in [0.25, 0.3) is 5.65 Å². The maximum absolute atomic E-state index is 5.84. The van der Waals surface area contributed by atoms with Crippen LogP contribution in [0.3, 0.4) is 0 Å². The summed E-state index contributed by atoms with van der Waals surface area (Å²) in [7, 11) is 1.91. The summed E-state index contributed by atoms with van der Waals surface area (Å²) >= 11 is 0. The molecule has 0 aliphatic heterocycles. The second-order valence-electron chi connectivity index (χ2n) is 6.65. The van der Waals surface area contributed by atoms with Crippen LogP contribution >= 0.6 is 0 Å². The van der Waals surface area contributed by atoms with E-state index in [1.54, 1.807) is 0 Å². The third-order valence-corrected chi connectivity index (χ3v) is 4.27. The highest BCUT2D eigenvalue weighted by Crippen LogP contribution is 2.25. The minimum Gasteiger partial charge on any atom is -0.492 e. The molecular weight excluding hydrogens is 354 g/mol. The van der Waals surface area contributed by atoms with E-state index in [2.05, 4.69) is 27.8 Å². The third kappa shape index (κ3) is 5.37. The number of fused-ring (bicyclic) bond motifs is 1. The van der Waals surface area contributed by atoms with E-state index in [9.17, 15) is 0 Å². The van der Waals surface area contributed by atoms with Crippen LogP contribution < -0.4 is 25.8 Å². The number of hydrogen-bond acceptors (Lipinski definition) is 6. The fourth-order valence-corrected chi connectivity index (χ4v) is 2.89. The molecule has 7 heteroatoms. The Bertz CT molecular complexity index is 894. The lowest BCUT2D eigenvalue weighted by molar-refractivity contribution is 0.312. The molecule has 28 heavy (non-hydrogen) atoms. The molecule has 0 saturated carbocycles. The van der Waals surface area contributed by atoms with E-state index >= 15 is 0 Å². The van der Waals surface area contributed by atoms with Gasteiger partial charge in [-0.3, -0.25) is 0 Å². The second kappa shape index (κ2) is 9.96. The van der Waals surface area contributed by atoms with Crippen molar-refractivity contribution in [1.82, 2.24) is 14.7 Å².